The molecule has 1 N–H and O–H groups in total. The van der Waals surface area contributed by atoms with Gasteiger partial charge in [0.2, 0.25) is 0 Å². The van der Waals surface area contributed by atoms with E-state index in [2.05, 4.69) is 41.5 Å². The molecule has 0 aromatic heterocycles. The lowest BCUT2D eigenvalue weighted by Crippen LogP contribution is -2.51. The average molecular weight is 415 g/mol. The fraction of sp³-hybridized carbons (Fsp3) is 0.893. The van der Waals surface area contributed by atoms with E-state index in [1.807, 2.05) is 6.08 Å². The van der Waals surface area contributed by atoms with Crippen LogP contribution in [0, 0.1) is 52.3 Å². The maximum Gasteiger partial charge on any atom is 0.155 e. The number of fused-ring (bicyclic) bond motifs is 5. The molecule has 0 aliphatic heterocycles. The standard InChI is InChI=1S/C28H46O2/c1-17(2)18(3)15-26(30)19(4)23-9-10-24-22-8-7-20-16-21(29)11-13-27(20,5)25(22)12-14-28(23,24)6/h16-19,22-26,30H,7-15H2,1-6H3/t18-,19+,22?,23-,24+,25+,26+,27+,28-/m1/s1. The first-order valence-corrected chi connectivity index (χ1v) is 13.0. The Bertz CT molecular complexity index is 693. The number of allylic oxidation sites excluding steroid dienone is 1. The van der Waals surface area contributed by atoms with Crippen LogP contribution in [0.25, 0.3) is 0 Å². The molecule has 0 radical (unpaired) electrons. The molecule has 2 nitrogen and oxygen atoms in total. The summed E-state index contributed by atoms with van der Waals surface area (Å²) in [4.78, 5) is 12.1. The summed E-state index contributed by atoms with van der Waals surface area (Å²) in [5, 5.41) is 11.1. The highest BCUT2D eigenvalue weighted by Crippen LogP contribution is 2.67. The Morgan fingerprint density at radius 3 is 2.43 bits per heavy atom. The zero-order valence-electron chi connectivity index (χ0n) is 20.4. The predicted molar refractivity (Wildman–Crippen MR) is 124 cm³/mol. The summed E-state index contributed by atoms with van der Waals surface area (Å²) in [5.41, 5.74) is 2.14. The minimum absolute atomic E-state index is 0.163. The zero-order valence-corrected chi connectivity index (χ0v) is 20.4. The molecular weight excluding hydrogens is 368 g/mol. The van der Waals surface area contributed by atoms with Crippen molar-refractivity contribution in [1.82, 2.24) is 0 Å². The van der Waals surface area contributed by atoms with Gasteiger partial charge in [-0.2, -0.15) is 0 Å². The molecule has 1 unspecified atom stereocenters. The third kappa shape index (κ3) is 3.54. The Balaban J connectivity index is 1.51. The smallest absolute Gasteiger partial charge is 0.155 e. The molecule has 0 saturated heterocycles. The van der Waals surface area contributed by atoms with Gasteiger partial charge < -0.3 is 5.11 Å². The van der Waals surface area contributed by atoms with Gasteiger partial charge in [0.25, 0.3) is 0 Å². The molecule has 0 aromatic carbocycles. The van der Waals surface area contributed by atoms with Gasteiger partial charge in [-0.05, 0) is 110 Å². The lowest BCUT2D eigenvalue weighted by Gasteiger charge is -2.58. The Morgan fingerprint density at radius 2 is 1.73 bits per heavy atom. The highest BCUT2D eigenvalue weighted by molar-refractivity contribution is 5.91. The minimum Gasteiger partial charge on any atom is -0.393 e. The van der Waals surface area contributed by atoms with E-state index in [9.17, 15) is 9.90 Å². The summed E-state index contributed by atoms with van der Waals surface area (Å²) in [6, 6.07) is 0. The molecule has 4 aliphatic carbocycles. The first kappa shape index (κ1) is 22.6. The summed E-state index contributed by atoms with van der Waals surface area (Å²) >= 11 is 0. The van der Waals surface area contributed by atoms with Crippen LogP contribution in [-0.2, 0) is 4.79 Å². The summed E-state index contributed by atoms with van der Waals surface area (Å²) in [6.45, 7) is 14.3. The summed E-state index contributed by atoms with van der Waals surface area (Å²) < 4.78 is 0. The van der Waals surface area contributed by atoms with Crippen molar-refractivity contribution in [2.75, 3.05) is 0 Å². The Morgan fingerprint density at radius 1 is 1.00 bits per heavy atom. The van der Waals surface area contributed by atoms with Crippen molar-refractivity contribution in [3.8, 4) is 0 Å². The SMILES string of the molecule is CC(C)[C@H](C)C[C@H](O)[C@@H](C)[C@H]1CC[C@H]2C3CCC4=CC(=O)CC[C@]4(C)[C@H]3CC[C@]12C. The van der Waals surface area contributed by atoms with E-state index in [1.165, 1.54) is 37.7 Å². The van der Waals surface area contributed by atoms with E-state index in [1.54, 1.807) is 0 Å². The highest BCUT2D eigenvalue weighted by Gasteiger charge is 2.59. The Hall–Kier alpha value is -0.630. The number of aliphatic hydroxyl groups is 1. The summed E-state index contributed by atoms with van der Waals surface area (Å²) in [7, 11) is 0. The van der Waals surface area contributed by atoms with E-state index >= 15 is 0 Å². The van der Waals surface area contributed by atoms with Gasteiger partial charge in [0.15, 0.2) is 5.78 Å². The number of carbonyl (C=O) groups excluding carboxylic acids is 1. The number of aliphatic hydroxyl groups excluding tert-OH is 1. The molecule has 0 bridgehead atoms. The van der Waals surface area contributed by atoms with Crippen molar-refractivity contribution in [2.24, 2.45) is 52.3 Å². The van der Waals surface area contributed by atoms with Crippen molar-refractivity contribution in [3.63, 3.8) is 0 Å². The van der Waals surface area contributed by atoms with Gasteiger partial charge in [0.05, 0.1) is 6.10 Å². The first-order chi connectivity index (χ1) is 14.1. The Kier molecular flexibility index (Phi) is 6.06. The molecule has 0 aromatic rings. The van der Waals surface area contributed by atoms with Crippen LogP contribution < -0.4 is 0 Å². The first-order valence-electron chi connectivity index (χ1n) is 13.0. The van der Waals surface area contributed by atoms with Crippen molar-refractivity contribution >= 4 is 5.78 Å². The van der Waals surface area contributed by atoms with E-state index < -0.39 is 0 Å². The molecule has 3 fully saturated rings. The minimum atomic E-state index is -0.163. The van der Waals surface area contributed by atoms with Crippen molar-refractivity contribution in [1.29, 1.82) is 0 Å². The number of hydrogen-bond donors (Lipinski definition) is 1. The molecular formula is C28H46O2. The molecule has 30 heavy (non-hydrogen) atoms. The van der Waals surface area contributed by atoms with Crippen LogP contribution >= 0.6 is 0 Å². The average Bonchev–Trinajstić information content (AvgIpc) is 3.04. The second kappa shape index (κ2) is 8.05. The van der Waals surface area contributed by atoms with Gasteiger partial charge in [0, 0.05) is 6.42 Å². The van der Waals surface area contributed by atoms with Crippen LogP contribution in [-0.4, -0.2) is 17.0 Å². The third-order valence-electron chi connectivity index (χ3n) is 11.0. The van der Waals surface area contributed by atoms with Crippen LogP contribution in [0.5, 0.6) is 0 Å². The molecule has 9 atom stereocenters. The number of rotatable bonds is 5. The normalized spacial score (nSPS) is 44.0. The molecule has 2 heteroatoms. The summed E-state index contributed by atoms with van der Waals surface area (Å²) in [5.74, 6) is 5.06. The van der Waals surface area contributed by atoms with Crippen molar-refractivity contribution < 1.29 is 9.90 Å². The van der Waals surface area contributed by atoms with E-state index in [-0.39, 0.29) is 11.5 Å². The third-order valence-corrected chi connectivity index (χ3v) is 11.0. The number of ketones is 1. The van der Waals surface area contributed by atoms with E-state index in [0.717, 1.165) is 43.4 Å². The maximum absolute atomic E-state index is 12.1. The second-order valence-corrected chi connectivity index (χ2v) is 12.6. The predicted octanol–water partition coefficient (Wildman–Crippen LogP) is 6.81. The lowest BCUT2D eigenvalue weighted by atomic mass is 9.46. The quantitative estimate of drug-likeness (QED) is 0.536. The van der Waals surface area contributed by atoms with E-state index in [0.29, 0.717) is 34.9 Å². The largest absolute Gasteiger partial charge is 0.393 e. The monoisotopic (exact) mass is 414 g/mol. The number of carbonyl (C=O) groups is 1. The fourth-order valence-corrected chi connectivity index (χ4v) is 8.60. The van der Waals surface area contributed by atoms with Gasteiger partial charge in [-0.15, -0.1) is 0 Å². The maximum atomic E-state index is 12.1. The van der Waals surface area contributed by atoms with Crippen LogP contribution in [0.15, 0.2) is 11.6 Å². The fourth-order valence-electron chi connectivity index (χ4n) is 8.60. The highest BCUT2D eigenvalue weighted by atomic mass is 16.3. The molecule has 0 amide bonds. The molecule has 3 saturated carbocycles. The van der Waals surface area contributed by atoms with Crippen LogP contribution in [0.2, 0.25) is 0 Å². The van der Waals surface area contributed by atoms with Gasteiger partial charge in [-0.25, -0.2) is 0 Å². The van der Waals surface area contributed by atoms with E-state index in [4.69, 9.17) is 0 Å². The number of hydrogen-bond acceptors (Lipinski definition) is 2. The molecule has 0 spiro atoms. The lowest BCUT2D eigenvalue weighted by molar-refractivity contribution is -0.117. The van der Waals surface area contributed by atoms with Crippen molar-refractivity contribution in [2.45, 2.75) is 105 Å². The van der Waals surface area contributed by atoms with Gasteiger partial charge in [-0.3, -0.25) is 4.79 Å². The van der Waals surface area contributed by atoms with Gasteiger partial charge in [-0.1, -0.05) is 47.1 Å². The molecule has 170 valence electrons. The van der Waals surface area contributed by atoms with Crippen LogP contribution in [0.3, 0.4) is 0 Å². The van der Waals surface area contributed by atoms with Gasteiger partial charge >= 0.3 is 0 Å². The van der Waals surface area contributed by atoms with Gasteiger partial charge in [0.1, 0.15) is 0 Å². The van der Waals surface area contributed by atoms with Crippen LogP contribution in [0.4, 0.5) is 0 Å². The zero-order chi connectivity index (χ0) is 21.8. The Labute approximate surface area is 185 Å². The molecule has 4 rings (SSSR count). The van der Waals surface area contributed by atoms with Crippen LogP contribution in [0.1, 0.15) is 99.3 Å². The second-order valence-electron chi connectivity index (χ2n) is 12.6. The van der Waals surface area contributed by atoms with Crippen molar-refractivity contribution in [3.05, 3.63) is 11.6 Å². The molecule has 4 aliphatic rings. The topological polar surface area (TPSA) is 37.3 Å². The molecule has 0 heterocycles. The summed E-state index contributed by atoms with van der Waals surface area (Å²) in [6.07, 6.45) is 12.4.